The van der Waals surface area contributed by atoms with Crippen molar-refractivity contribution in [1.82, 2.24) is 4.90 Å². The van der Waals surface area contributed by atoms with E-state index in [-0.39, 0.29) is 6.04 Å². The largest absolute Gasteiger partial charge is 0.489 e. The second-order valence-corrected chi connectivity index (χ2v) is 8.95. The van der Waals surface area contributed by atoms with E-state index in [9.17, 15) is 10.2 Å². The molecule has 0 unspecified atom stereocenters. The smallest absolute Gasteiger partial charge is 0.119 e. The standard InChI is InChI=1S/C28H33NO3/c1-22(29-18-16-28(31,17-19-29)20-23-8-4-2-5-9-23)27(30)25-12-14-26(15-13-25)32-21-24-10-6-3-7-11-24/h2-15,22,27,30-31H,16-21H2,1H3/t22-,27+/m0/s1. The molecule has 1 fully saturated rings. The summed E-state index contributed by atoms with van der Waals surface area (Å²) in [5.74, 6) is 0.793. The molecule has 168 valence electrons. The maximum absolute atomic E-state index is 11.0. The Morgan fingerprint density at radius 2 is 1.41 bits per heavy atom. The van der Waals surface area contributed by atoms with Crippen LogP contribution in [0.4, 0.5) is 0 Å². The molecule has 3 aromatic rings. The van der Waals surface area contributed by atoms with Crippen LogP contribution in [0.1, 0.15) is 42.6 Å². The van der Waals surface area contributed by atoms with Crippen LogP contribution < -0.4 is 4.74 Å². The molecule has 1 heterocycles. The van der Waals surface area contributed by atoms with Gasteiger partial charge in [0.05, 0.1) is 11.7 Å². The van der Waals surface area contributed by atoms with E-state index in [0.717, 1.165) is 30.0 Å². The molecule has 0 amide bonds. The van der Waals surface area contributed by atoms with Crippen LogP contribution >= 0.6 is 0 Å². The molecule has 1 aliphatic heterocycles. The predicted molar refractivity (Wildman–Crippen MR) is 128 cm³/mol. The van der Waals surface area contributed by atoms with Gasteiger partial charge in [-0.05, 0) is 48.6 Å². The Bertz CT molecular complexity index is 951. The van der Waals surface area contributed by atoms with E-state index in [2.05, 4.69) is 24.0 Å². The fraction of sp³-hybridized carbons (Fsp3) is 0.357. The predicted octanol–water partition coefficient (Wildman–Crippen LogP) is 4.76. The lowest BCUT2D eigenvalue weighted by atomic mass is 9.84. The second kappa shape index (κ2) is 10.3. The summed E-state index contributed by atoms with van der Waals surface area (Å²) >= 11 is 0. The van der Waals surface area contributed by atoms with Crippen LogP contribution in [-0.2, 0) is 13.0 Å². The highest BCUT2D eigenvalue weighted by Crippen LogP contribution is 2.30. The van der Waals surface area contributed by atoms with Crippen LogP contribution in [0.5, 0.6) is 5.75 Å². The Morgan fingerprint density at radius 3 is 2.00 bits per heavy atom. The zero-order valence-electron chi connectivity index (χ0n) is 18.7. The molecule has 1 aliphatic rings. The first-order valence-corrected chi connectivity index (χ1v) is 11.5. The van der Waals surface area contributed by atoms with Gasteiger partial charge in [-0.15, -0.1) is 0 Å². The number of aliphatic hydroxyl groups is 2. The average Bonchev–Trinajstić information content (AvgIpc) is 2.84. The molecule has 0 saturated carbocycles. The maximum atomic E-state index is 11.0. The summed E-state index contributed by atoms with van der Waals surface area (Å²) in [6.45, 7) is 4.14. The monoisotopic (exact) mass is 431 g/mol. The fourth-order valence-corrected chi connectivity index (χ4v) is 4.48. The molecule has 0 radical (unpaired) electrons. The second-order valence-electron chi connectivity index (χ2n) is 8.95. The molecule has 32 heavy (non-hydrogen) atoms. The summed E-state index contributed by atoms with van der Waals surface area (Å²) in [6.07, 6.45) is 1.53. The summed E-state index contributed by atoms with van der Waals surface area (Å²) in [5.41, 5.74) is 2.52. The molecule has 4 rings (SSSR count). The highest BCUT2D eigenvalue weighted by molar-refractivity contribution is 5.29. The minimum atomic E-state index is -0.666. The molecule has 1 saturated heterocycles. The van der Waals surface area contributed by atoms with E-state index in [1.807, 2.05) is 72.8 Å². The molecule has 4 nitrogen and oxygen atoms in total. The van der Waals surface area contributed by atoms with Gasteiger partial charge in [0.15, 0.2) is 0 Å². The van der Waals surface area contributed by atoms with Gasteiger partial charge in [0, 0.05) is 25.6 Å². The third kappa shape index (κ3) is 5.77. The first kappa shape index (κ1) is 22.5. The number of piperidine rings is 1. The van der Waals surface area contributed by atoms with Crippen molar-refractivity contribution in [2.24, 2.45) is 0 Å². The van der Waals surface area contributed by atoms with Crippen molar-refractivity contribution in [2.75, 3.05) is 13.1 Å². The molecule has 4 heteroatoms. The molecular formula is C28H33NO3. The summed E-state index contributed by atoms with van der Waals surface area (Å²) in [4.78, 5) is 2.28. The van der Waals surface area contributed by atoms with Gasteiger partial charge in [-0.3, -0.25) is 4.90 Å². The Hall–Kier alpha value is -2.66. The zero-order chi connectivity index (χ0) is 22.4. The van der Waals surface area contributed by atoms with E-state index >= 15 is 0 Å². The van der Waals surface area contributed by atoms with Gasteiger partial charge in [0.2, 0.25) is 0 Å². The number of nitrogens with zero attached hydrogens (tertiary/aromatic N) is 1. The van der Waals surface area contributed by atoms with Gasteiger partial charge in [-0.2, -0.15) is 0 Å². The van der Waals surface area contributed by atoms with Crippen LogP contribution in [0.3, 0.4) is 0 Å². The Kier molecular flexibility index (Phi) is 7.26. The van der Waals surface area contributed by atoms with Gasteiger partial charge in [0.25, 0.3) is 0 Å². The lowest BCUT2D eigenvalue weighted by Gasteiger charge is -2.42. The molecule has 2 atom stereocenters. The van der Waals surface area contributed by atoms with Crippen molar-refractivity contribution in [3.63, 3.8) is 0 Å². The quantitative estimate of drug-likeness (QED) is 0.540. The van der Waals surface area contributed by atoms with Crippen molar-refractivity contribution < 1.29 is 14.9 Å². The summed E-state index contributed by atoms with van der Waals surface area (Å²) < 4.78 is 5.86. The van der Waals surface area contributed by atoms with Crippen molar-refractivity contribution in [1.29, 1.82) is 0 Å². The zero-order valence-corrected chi connectivity index (χ0v) is 18.7. The minimum absolute atomic E-state index is 0.0210. The van der Waals surface area contributed by atoms with E-state index < -0.39 is 11.7 Å². The van der Waals surface area contributed by atoms with Crippen LogP contribution in [0.25, 0.3) is 0 Å². The first-order chi connectivity index (χ1) is 15.5. The lowest BCUT2D eigenvalue weighted by Crippen LogP contribution is -2.49. The van der Waals surface area contributed by atoms with Crippen LogP contribution in [0.15, 0.2) is 84.9 Å². The first-order valence-electron chi connectivity index (χ1n) is 11.5. The topological polar surface area (TPSA) is 52.9 Å². The number of rotatable bonds is 8. The fourth-order valence-electron chi connectivity index (χ4n) is 4.48. The van der Waals surface area contributed by atoms with E-state index in [4.69, 9.17) is 4.74 Å². The van der Waals surface area contributed by atoms with Gasteiger partial charge < -0.3 is 14.9 Å². The van der Waals surface area contributed by atoms with E-state index in [1.165, 1.54) is 5.56 Å². The van der Waals surface area contributed by atoms with E-state index in [0.29, 0.717) is 25.9 Å². The van der Waals surface area contributed by atoms with Crippen LogP contribution in [0.2, 0.25) is 0 Å². The Balaban J connectivity index is 1.29. The number of likely N-dealkylation sites (tertiary alicyclic amines) is 1. The summed E-state index contributed by atoms with van der Waals surface area (Å²) in [6, 6.07) is 28.0. The van der Waals surface area contributed by atoms with Crippen LogP contribution in [-0.4, -0.2) is 39.8 Å². The number of hydrogen-bond donors (Lipinski definition) is 2. The molecule has 0 aliphatic carbocycles. The van der Waals surface area contributed by atoms with Crippen molar-refractivity contribution in [2.45, 2.75) is 50.5 Å². The SMILES string of the molecule is C[C@@H]([C@@H](O)c1ccc(OCc2ccccc2)cc1)N1CCC(O)(Cc2ccccc2)CC1. The highest BCUT2D eigenvalue weighted by atomic mass is 16.5. The van der Waals surface area contributed by atoms with E-state index in [1.54, 1.807) is 0 Å². The molecule has 0 bridgehead atoms. The summed E-state index contributed by atoms with van der Waals surface area (Å²) in [7, 11) is 0. The van der Waals surface area contributed by atoms with Gasteiger partial charge >= 0.3 is 0 Å². The van der Waals surface area contributed by atoms with Gasteiger partial charge in [-0.1, -0.05) is 72.8 Å². The van der Waals surface area contributed by atoms with Crippen molar-refractivity contribution in [3.05, 3.63) is 102 Å². The van der Waals surface area contributed by atoms with Gasteiger partial charge in [-0.25, -0.2) is 0 Å². The number of benzene rings is 3. The van der Waals surface area contributed by atoms with Crippen LogP contribution in [0, 0.1) is 0 Å². The normalized spacial score (nSPS) is 18.1. The Morgan fingerprint density at radius 1 is 0.844 bits per heavy atom. The average molecular weight is 432 g/mol. The molecular weight excluding hydrogens is 398 g/mol. The number of aliphatic hydroxyl groups excluding tert-OH is 1. The molecule has 3 aromatic carbocycles. The molecule has 2 N–H and O–H groups in total. The van der Waals surface area contributed by atoms with Crippen molar-refractivity contribution in [3.8, 4) is 5.75 Å². The molecule has 0 aromatic heterocycles. The number of ether oxygens (including phenoxy) is 1. The minimum Gasteiger partial charge on any atom is -0.489 e. The summed E-state index contributed by atoms with van der Waals surface area (Å²) in [5, 5.41) is 22.0. The maximum Gasteiger partial charge on any atom is 0.119 e. The molecule has 0 spiro atoms. The van der Waals surface area contributed by atoms with Crippen molar-refractivity contribution >= 4 is 0 Å². The Labute approximate surface area is 191 Å². The highest BCUT2D eigenvalue weighted by Gasteiger charge is 2.35. The third-order valence-corrected chi connectivity index (χ3v) is 6.61. The van der Waals surface area contributed by atoms with Gasteiger partial charge in [0.1, 0.15) is 12.4 Å². The lowest BCUT2D eigenvalue weighted by molar-refractivity contribution is -0.0456. The third-order valence-electron chi connectivity index (χ3n) is 6.61. The number of hydrogen-bond acceptors (Lipinski definition) is 4.